The standard InChI is InChI=1S/C9H12N2O2/c1-6-3-8(5-10)9(11(12)13)4-7(6)2/h3-4H,5,10H2,1-2H3. The van der Waals surface area contributed by atoms with Crippen LogP contribution in [0.3, 0.4) is 0 Å². The lowest BCUT2D eigenvalue weighted by molar-refractivity contribution is -0.385. The van der Waals surface area contributed by atoms with Crippen molar-refractivity contribution in [2.75, 3.05) is 0 Å². The zero-order valence-electron chi connectivity index (χ0n) is 7.70. The number of hydrogen-bond acceptors (Lipinski definition) is 3. The van der Waals surface area contributed by atoms with Gasteiger partial charge in [0.2, 0.25) is 0 Å². The highest BCUT2D eigenvalue weighted by molar-refractivity contribution is 5.46. The average Bonchev–Trinajstić information content (AvgIpc) is 2.08. The fraction of sp³-hybridized carbons (Fsp3) is 0.333. The van der Waals surface area contributed by atoms with Crippen molar-refractivity contribution in [1.82, 2.24) is 0 Å². The van der Waals surface area contributed by atoms with E-state index in [1.807, 2.05) is 13.8 Å². The van der Waals surface area contributed by atoms with Crippen molar-refractivity contribution in [3.05, 3.63) is 38.9 Å². The Morgan fingerprint density at radius 2 is 1.92 bits per heavy atom. The topological polar surface area (TPSA) is 69.2 Å². The summed E-state index contributed by atoms with van der Waals surface area (Å²) in [7, 11) is 0. The Bertz CT molecular complexity index is 348. The van der Waals surface area contributed by atoms with Crippen LogP contribution in [0.25, 0.3) is 0 Å². The maximum Gasteiger partial charge on any atom is 0.274 e. The molecule has 0 radical (unpaired) electrons. The molecule has 4 nitrogen and oxygen atoms in total. The Morgan fingerprint density at radius 1 is 1.38 bits per heavy atom. The smallest absolute Gasteiger partial charge is 0.274 e. The zero-order chi connectivity index (χ0) is 10.0. The van der Waals surface area contributed by atoms with Gasteiger partial charge in [0, 0.05) is 18.2 Å². The van der Waals surface area contributed by atoms with Crippen molar-refractivity contribution in [1.29, 1.82) is 0 Å². The first-order valence-electron chi connectivity index (χ1n) is 4.01. The summed E-state index contributed by atoms with van der Waals surface area (Å²) >= 11 is 0. The number of aryl methyl sites for hydroxylation is 2. The van der Waals surface area contributed by atoms with E-state index in [1.165, 1.54) is 0 Å². The molecule has 0 aliphatic carbocycles. The molecule has 13 heavy (non-hydrogen) atoms. The highest BCUT2D eigenvalue weighted by Gasteiger charge is 2.13. The predicted octanol–water partition coefficient (Wildman–Crippen LogP) is 1.67. The second kappa shape index (κ2) is 3.53. The molecule has 1 rings (SSSR count). The number of nitrogens with zero attached hydrogens (tertiary/aromatic N) is 1. The lowest BCUT2D eigenvalue weighted by atomic mass is 10.0. The molecule has 0 aliphatic rings. The first-order chi connectivity index (χ1) is 6.06. The Hall–Kier alpha value is -1.42. The number of hydrogen-bond donors (Lipinski definition) is 1. The summed E-state index contributed by atoms with van der Waals surface area (Å²) in [6.45, 7) is 3.97. The molecule has 0 spiro atoms. The van der Waals surface area contributed by atoms with Crippen molar-refractivity contribution in [3.63, 3.8) is 0 Å². The molecule has 0 aliphatic heterocycles. The monoisotopic (exact) mass is 180 g/mol. The molecular weight excluding hydrogens is 168 g/mol. The van der Waals surface area contributed by atoms with E-state index < -0.39 is 4.92 Å². The minimum atomic E-state index is -0.394. The van der Waals surface area contributed by atoms with E-state index >= 15 is 0 Å². The third-order valence-corrected chi connectivity index (χ3v) is 2.11. The molecular formula is C9H12N2O2. The minimum absolute atomic E-state index is 0.116. The third-order valence-electron chi connectivity index (χ3n) is 2.11. The van der Waals surface area contributed by atoms with E-state index in [0.717, 1.165) is 11.1 Å². The van der Waals surface area contributed by atoms with E-state index in [2.05, 4.69) is 0 Å². The second-order valence-corrected chi connectivity index (χ2v) is 3.03. The average molecular weight is 180 g/mol. The molecule has 0 saturated heterocycles. The van der Waals surface area contributed by atoms with Crippen LogP contribution in [0.4, 0.5) is 5.69 Å². The SMILES string of the molecule is Cc1cc(CN)c([N+](=O)[O-])cc1C. The molecule has 1 aromatic rings. The molecule has 0 atom stereocenters. The van der Waals surface area contributed by atoms with E-state index in [0.29, 0.717) is 5.56 Å². The molecule has 0 fully saturated rings. The molecule has 0 heterocycles. The Balaban J connectivity index is 3.33. The normalized spacial score (nSPS) is 10.1. The highest BCUT2D eigenvalue weighted by atomic mass is 16.6. The van der Waals surface area contributed by atoms with Gasteiger partial charge in [-0.15, -0.1) is 0 Å². The molecule has 0 bridgehead atoms. The summed E-state index contributed by atoms with van der Waals surface area (Å²) in [5.41, 5.74) is 8.06. The van der Waals surface area contributed by atoms with Crippen LogP contribution in [0.1, 0.15) is 16.7 Å². The fourth-order valence-electron chi connectivity index (χ4n) is 1.19. The van der Waals surface area contributed by atoms with Gasteiger partial charge in [-0.3, -0.25) is 10.1 Å². The molecule has 70 valence electrons. The van der Waals surface area contributed by atoms with Crippen molar-refractivity contribution >= 4 is 5.69 Å². The van der Waals surface area contributed by atoms with Crippen LogP contribution < -0.4 is 5.73 Å². The second-order valence-electron chi connectivity index (χ2n) is 3.03. The summed E-state index contributed by atoms with van der Waals surface area (Å²) < 4.78 is 0. The van der Waals surface area contributed by atoms with Gasteiger partial charge in [-0.05, 0) is 31.0 Å². The van der Waals surface area contributed by atoms with Crippen molar-refractivity contribution in [2.45, 2.75) is 20.4 Å². The third kappa shape index (κ3) is 1.84. The summed E-state index contributed by atoms with van der Waals surface area (Å²) in [4.78, 5) is 10.2. The quantitative estimate of drug-likeness (QED) is 0.556. The summed E-state index contributed by atoms with van der Waals surface area (Å²) in [5, 5.41) is 10.6. The summed E-state index contributed by atoms with van der Waals surface area (Å²) in [6, 6.07) is 3.34. The Kier molecular flexibility index (Phi) is 2.63. The maximum absolute atomic E-state index is 10.6. The van der Waals surface area contributed by atoms with E-state index in [-0.39, 0.29) is 12.2 Å². The molecule has 4 heteroatoms. The van der Waals surface area contributed by atoms with Gasteiger partial charge in [-0.2, -0.15) is 0 Å². The largest absolute Gasteiger partial charge is 0.326 e. The number of benzene rings is 1. The Labute approximate surface area is 76.5 Å². The van der Waals surface area contributed by atoms with Gasteiger partial charge >= 0.3 is 0 Å². The fourth-order valence-corrected chi connectivity index (χ4v) is 1.19. The molecule has 0 saturated carbocycles. The molecule has 0 aromatic heterocycles. The van der Waals surface area contributed by atoms with Crippen LogP contribution >= 0.6 is 0 Å². The molecule has 0 amide bonds. The number of nitro groups is 1. The van der Waals surface area contributed by atoms with Crippen LogP contribution in [0, 0.1) is 24.0 Å². The van der Waals surface area contributed by atoms with E-state index in [4.69, 9.17) is 5.73 Å². The Morgan fingerprint density at radius 3 is 2.38 bits per heavy atom. The van der Waals surface area contributed by atoms with Gasteiger partial charge in [0.25, 0.3) is 5.69 Å². The van der Waals surface area contributed by atoms with Gasteiger partial charge in [0.15, 0.2) is 0 Å². The zero-order valence-corrected chi connectivity index (χ0v) is 7.70. The van der Waals surface area contributed by atoms with E-state index in [1.54, 1.807) is 12.1 Å². The molecule has 0 unspecified atom stereocenters. The number of rotatable bonds is 2. The number of nitro benzene ring substituents is 1. The van der Waals surface area contributed by atoms with E-state index in [9.17, 15) is 10.1 Å². The molecule has 2 N–H and O–H groups in total. The van der Waals surface area contributed by atoms with Crippen molar-refractivity contribution in [3.8, 4) is 0 Å². The van der Waals surface area contributed by atoms with Gasteiger partial charge in [-0.1, -0.05) is 0 Å². The van der Waals surface area contributed by atoms with Gasteiger partial charge < -0.3 is 5.73 Å². The maximum atomic E-state index is 10.6. The van der Waals surface area contributed by atoms with Gasteiger partial charge in [0.1, 0.15) is 0 Å². The summed E-state index contributed by atoms with van der Waals surface area (Å²) in [5.74, 6) is 0. The lowest BCUT2D eigenvalue weighted by Gasteiger charge is -2.04. The van der Waals surface area contributed by atoms with Crippen LogP contribution in [0.2, 0.25) is 0 Å². The van der Waals surface area contributed by atoms with Crippen LogP contribution in [0.5, 0.6) is 0 Å². The van der Waals surface area contributed by atoms with Crippen LogP contribution in [0.15, 0.2) is 12.1 Å². The van der Waals surface area contributed by atoms with Crippen molar-refractivity contribution in [2.24, 2.45) is 5.73 Å². The van der Waals surface area contributed by atoms with Gasteiger partial charge in [0.05, 0.1) is 4.92 Å². The van der Waals surface area contributed by atoms with Crippen molar-refractivity contribution < 1.29 is 4.92 Å². The molecule has 1 aromatic carbocycles. The van der Waals surface area contributed by atoms with Crippen LogP contribution in [-0.2, 0) is 6.54 Å². The first kappa shape index (κ1) is 9.67. The van der Waals surface area contributed by atoms with Gasteiger partial charge in [-0.25, -0.2) is 0 Å². The highest BCUT2D eigenvalue weighted by Crippen LogP contribution is 2.22. The minimum Gasteiger partial charge on any atom is -0.326 e. The van der Waals surface area contributed by atoms with Crippen LogP contribution in [-0.4, -0.2) is 4.92 Å². The number of nitrogens with two attached hydrogens (primary N) is 1. The lowest BCUT2D eigenvalue weighted by Crippen LogP contribution is -2.03. The summed E-state index contributed by atoms with van der Waals surface area (Å²) in [6.07, 6.45) is 0. The first-order valence-corrected chi connectivity index (χ1v) is 4.01. The predicted molar refractivity (Wildman–Crippen MR) is 50.5 cm³/mol.